The first kappa shape index (κ1) is 12.0. The van der Waals surface area contributed by atoms with Crippen molar-refractivity contribution >= 4 is 6.09 Å². The van der Waals surface area contributed by atoms with Crippen LogP contribution in [0, 0.1) is 0 Å². The number of carbonyl (C=O) groups is 1. The molecular weight excluding hydrogens is 194 g/mol. The van der Waals surface area contributed by atoms with Crippen LogP contribution in [0.15, 0.2) is 11.6 Å². The topological polar surface area (TPSA) is 49.8 Å². The fourth-order valence-electron chi connectivity index (χ4n) is 1.35. The Kier molecular flexibility index (Phi) is 3.39. The molecule has 4 nitrogen and oxygen atoms in total. The zero-order valence-electron chi connectivity index (χ0n) is 9.78. The van der Waals surface area contributed by atoms with Gasteiger partial charge in [0.1, 0.15) is 5.60 Å². The molecule has 1 aliphatic heterocycles. The third-order valence-corrected chi connectivity index (χ3v) is 1.92. The lowest BCUT2D eigenvalue weighted by molar-refractivity contribution is 0.0211. The number of aliphatic hydroxyl groups excluding tert-OH is 1. The van der Waals surface area contributed by atoms with Crippen LogP contribution in [-0.2, 0) is 4.74 Å². The Morgan fingerprint density at radius 3 is 2.47 bits per heavy atom. The minimum absolute atomic E-state index is 0.287. The first-order chi connectivity index (χ1) is 6.78. The van der Waals surface area contributed by atoms with E-state index in [1.807, 2.05) is 20.8 Å². The van der Waals surface area contributed by atoms with Crippen molar-refractivity contribution in [3.8, 4) is 0 Å². The molecule has 1 atom stereocenters. The largest absolute Gasteiger partial charge is 0.444 e. The summed E-state index contributed by atoms with van der Waals surface area (Å²) >= 11 is 0. The highest BCUT2D eigenvalue weighted by Gasteiger charge is 2.29. The number of amides is 1. The molecule has 1 rings (SSSR count). The highest BCUT2D eigenvalue weighted by Crippen LogP contribution is 2.18. The molecule has 0 aromatic rings. The molecule has 4 heteroatoms. The monoisotopic (exact) mass is 213 g/mol. The molecule has 0 bridgehead atoms. The van der Waals surface area contributed by atoms with Gasteiger partial charge in [0.2, 0.25) is 0 Å². The summed E-state index contributed by atoms with van der Waals surface area (Å²) < 4.78 is 5.19. The van der Waals surface area contributed by atoms with Crippen molar-refractivity contribution in [2.45, 2.75) is 39.4 Å². The Balaban J connectivity index is 2.36. The SMILES string of the molecule is CC(O)C=C1CN(C(=O)OC(C)(C)C)C1. The number of hydrogen-bond donors (Lipinski definition) is 1. The van der Waals surface area contributed by atoms with Crippen molar-refractivity contribution in [1.82, 2.24) is 4.90 Å². The minimum Gasteiger partial charge on any atom is -0.444 e. The Labute approximate surface area is 90.5 Å². The third kappa shape index (κ3) is 3.91. The average Bonchev–Trinajstić information content (AvgIpc) is 1.91. The van der Waals surface area contributed by atoms with E-state index in [9.17, 15) is 4.79 Å². The maximum atomic E-state index is 11.5. The average molecular weight is 213 g/mol. The summed E-state index contributed by atoms with van der Waals surface area (Å²) in [5.41, 5.74) is 0.636. The van der Waals surface area contributed by atoms with Crippen LogP contribution in [-0.4, -0.2) is 40.9 Å². The van der Waals surface area contributed by atoms with Gasteiger partial charge >= 0.3 is 6.09 Å². The van der Waals surface area contributed by atoms with Gasteiger partial charge in [-0.1, -0.05) is 6.08 Å². The molecule has 0 aliphatic carbocycles. The summed E-state index contributed by atoms with van der Waals surface area (Å²) in [4.78, 5) is 13.1. The van der Waals surface area contributed by atoms with Crippen LogP contribution in [0.1, 0.15) is 27.7 Å². The summed E-state index contributed by atoms with van der Waals surface area (Å²) in [5.74, 6) is 0. The fraction of sp³-hybridized carbons (Fsp3) is 0.727. The molecule has 0 aromatic carbocycles. The number of likely N-dealkylation sites (tertiary alicyclic amines) is 1. The second kappa shape index (κ2) is 4.23. The lowest BCUT2D eigenvalue weighted by Gasteiger charge is -2.35. The summed E-state index contributed by atoms with van der Waals surface area (Å²) in [6.07, 6.45) is 1.03. The van der Waals surface area contributed by atoms with Crippen LogP contribution in [0.5, 0.6) is 0 Å². The van der Waals surface area contributed by atoms with Gasteiger partial charge < -0.3 is 14.7 Å². The van der Waals surface area contributed by atoms with Gasteiger partial charge in [0.05, 0.1) is 6.10 Å². The van der Waals surface area contributed by atoms with Crippen LogP contribution < -0.4 is 0 Å². The van der Waals surface area contributed by atoms with E-state index in [4.69, 9.17) is 9.84 Å². The standard InChI is InChI=1S/C11H19NO3/c1-8(13)5-9-6-12(7-9)10(14)15-11(2,3)4/h5,8,13H,6-7H2,1-4H3. The van der Waals surface area contributed by atoms with Gasteiger partial charge in [-0.05, 0) is 33.3 Å². The van der Waals surface area contributed by atoms with Crippen molar-refractivity contribution in [3.05, 3.63) is 11.6 Å². The zero-order valence-corrected chi connectivity index (χ0v) is 9.78. The molecule has 1 heterocycles. The van der Waals surface area contributed by atoms with Crippen molar-refractivity contribution in [2.24, 2.45) is 0 Å². The van der Waals surface area contributed by atoms with E-state index in [1.165, 1.54) is 0 Å². The lowest BCUT2D eigenvalue weighted by atomic mass is 10.1. The van der Waals surface area contributed by atoms with E-state index < -0.39 is 11.7 Å². The molecule has 0 aromatic heterocycles. The maximum absolute atomic E-state index is 11.5. The van der Waals surface area contributed by atoms with Crippen molar-refractivity contribution in [3.63, 3.8) is 0 Å². The first-order valence-corrected chi connectivity index (χ1v) is 5.13. The number of hydrogen-bond acceptors (Lipinski definition) is 3. The number of rotatable bonds is 1. The van der Waals surface area contributed by atoms with E-state index >= 15 is 0 Å². The fourth-order valence-corrected chi connectivity index (χ4v) is 1.35. The van der Waals surface area contributed by atoms with Crippen LogP contribution in [0.2, 0.25) is 0 Å². The van der Waals surface area contributed by atoms with E-state index in [-0.39, 0.29) is 6.09 Å². The van der Waals surface area contributed by atoms with Gasteiger partial charge in [-0.2, -0.15) is 0 Å². The maximum Gasteiger partial charge on any atom is 0.410 e. The Morgan fingerprint density at radius 2 is 2.07 bits per heavy atom. The molecule has 0 radical (unpaired) electrons. The molecule has 1 fully saturated rings. The third-order valence-electron chi connectivity index (χ3n) is 1.92. The van der Waals surface area contributed by atoms with Crippen LogP contribution in [0.25, 0.3) is 0 Å². The van der Waals surface area contributed by atoms with E-state index in [2.05, 4.69) is 0 Å². The van der Waals surface area contributed by atoms with Crippen molar-refractivity contribution in [2.75, 3.05) is 13.1 Å². The molecule has 1 amide bonds. The van der Waals surface area contributed by atoms with E-state index in [0.29, 0.717) is 13.1 Å². The molecule has 86 valence electrons. The Bertz CT molecular complexity index is 268. The molecular formula is C11H19NO3. The number of aliphatic hydroxyl groups is 1. The summed E-state index contributed by atoms with van der Waals surface area (Å²) in [7, 11) is 0. The molecule has 1 N–H and O–H groups in total. The van der Waals surface area contributed by atoms with Gasteiger partial charge in [-0.25, -0.2) is 4.79 Å². The number of ether oxygens (including phenoxy) is 1. The van der Waals surface area contributed by atoms with E-state index in [1.54, 1.807) is 17.9 Å². The molecule has 0 saturated carbocycles. The normalized spacial score (nSPS) is 18.2. The molecule has 1 aliphatic rings. The predicted molar refractivity (Wildman–Crippen MR) is 57.6 cm³/mol. The molecule has 0 spiro atoms. The van der Waals surface area contributed by atoms with Crippen molar-refractivity contribution in [1.29, 1.82) is 0 Å². The second-order valence-corrected chi connectivity index (χ2v) is 4.90. The first-order valence-electron chi connectivity index (χ1n) is 5.13. The quantitative estimate of drug-likeness (QED) is 0.672. The van der Waals surface area contributed by atoms with Gasteiger partial charge in [0.15, 0.2) is 0 Å². The summed E-state index contributed by atoms with van der Waals surface area (Å²) in [6.45, 7) is 8.37. The molecule has 15 heavy (non-hydrogen) atoms. The lowest BCUT2D eigenvalue weighted by Crippen LogP contribution is -2.47. The van der Waals surface area contributed by atoms with Crippen LogP contribution >= 0.6 is 0 Å². The Morgan fingerprint density at radius 1 is 1.53 bits per heavy atom. The smallest absolute Gasteiger partial charge is 0.410 e. The van der Waals surface area contributed by atoms with Crippen molar-refractivity contribution < 1.29 is 14.6 Å². The van der Waals surface area contributed by atoms with Crippen LogP contribution in [0.4, 0.5) is 4.79 Å². The molecule has 1 saturated heterocycles. The van der Waals surface area contributed by atoms with E-state index in [0.717, 1.165) is 5.57 Å². The summed E-state index contributed by atoms with van der Waals surface area (Å²) in [6, 6.07) is 0. The zero-order chi connectivity index (χ0) is 11.6. The van der Waals surface area contributed by atoms with Gasteiger partial charge in [-0.3, -0.25) is 0 Å². The highest BCUT2D eigenvalue weighted by atomic mass is 16.6. The number of nitrogens with zero attached hydrogens (tertiary/aromatic N) is 1. The second-order valence-electron chi connectivity index (χ2n) is 4.90. The highest BCUT2D eigenvalue weighted by molar-refractivity contribution is 5.70. The van der Waals surface area contributed by atoms with Crippen LogP contribution in [0.3, 0.4) is 0 Å². The Hall–Kier alpha value is -1.03. The summed E-state index contributed by atoms with van der Waals surface area (Å²) in [5, 5.41) is 9.09. The van der Waals surface area contributed by atoms with Gasteiger partial charge in [0.25, 0.3) is 0 Å². The predicted octanol–water partition coefficient (Wildman–Crippen LogP) is 1.54. The minimum atomic E-state index is -0.444. The molecule has 1 unspecified atom stereocenters. The van der Waals surface area contributed by atoms with Gasteiger partial charge in [0, 0.05) is 13.1 Å². The van der Waals surface area contributed by atoms with Gasteiger partial charge in [-0.15, -0.1) is 0 Å². The number of carbonyl (C=O) groups excluding carboxylic acids is 1.